The first-order valence-corrected chi connectivity index (χ1v) is 20.4. The summed E-state index contributed by atoms with van der Waals surface area (Å²) in [6, 6.07) is -4.69. The predicted octanol–water partition coefficient (Wildman–Crippen LogP) is -10.5. The van der Waals surface area contributed by atoms with Crippen molar-refractivity contribution in [3.8, 4) is 0 Å². The van der Waals surface area contributed by atoms with Gasteiger partial charge in [0.1, 0.15) is 116 Å². The Bertz CT molecular complexity index is 1540. The zero-order valence-electron chi connectivity index (χ0n) is 35.0. The van der Waals surface area contributed by atoms with Gasteiger partial charge in [0.2, 0.25) is 17.7 Å². The Morgan fingerprint density at radius 2 is 0.922 bits per heavy atom. The van der Waals surface area contributed by atoms with Crippen molar-refractivity contribution in [3.63, 3.8) is 0 Å². The molecule has 28 heteroatoms. The molecular weight excluding hydrogens is 874 g/mol. The molecule has 64 heavy (non-hydrogen) atoms. The first-order chi connectivity index (χ1) is 30.1. The Balaban J connectivity index is 1.36. The van der Waals surface area contributed by atoms with E-state index in [1.54, 1.807) is 0 Å². The van der Waals surface area contributed by atoms with Crippen LogP contribution >= 0.6 is 0 Å². The highest BCUT2D eigenvalue weighted by molar-refractivity contribution is 5.74. The molecule has 370 valence electrons. The first-order valence-electron chi connectivity index (χ1n) is 20.4. The summed E-state index contributed by atoms with van der Waals surface area (Å²) >= 11 is 0. The molecule has 0 aromatic heterocycles. The van der Waals surface area contributed by atoms with Gasteiger partial charge in [0.05, 0.1) is 32.5 Å². The largest absolute Gasteiger partial charge is 0.394 e. The van der Waals surface area contributed by atoms with E-state index in [1.165, 1.54) is 6.92 Å². The van der Waals surface area contributed by atoms with Crippen molar-refractivity contribution in [2.45, 2.75) is 181 Å². The SMILES string of the molecule is CC(=O)N[C@@H]1[C@@H](O[C@@H]2O[C@H](CO)[C@@H](O)[C@H](O)[C@H]2NC(C)=O)[C@@H](O)[C@@H](CO[C@@H]2O[C@H](CO)[C@@H](O[C@@H]3O[C@H](CO)[C@H](O)[C@H](O)[C@H]3O[C@@H]3O[C@@H](C)[C@@H](O)[C@@H](O)[C@@H]3O)[C@H](O)[C@H]2NC(C)=O)O[C@@H]1O. The number of carbonyl (C=O) groups is 3. The van der Waals surface area contributed by atoms with E-state index in [4.69, 9.17) is 42.6 Å². The number of ether oxygens (including phenoxy) is 9. The second-order valence-corrected chi connectivity index (χ2v) is 16.2. The van der Waals surface area contributed by atoms with Crippen LogP contribution in [0.5, 0.6) is 0 Å². The highest BCUT2D eigenvalue weighted by Gasteiger charge is 2.56. The van der Waals surface area contributed by atoms with Crippen molar-refractivity contribution in [1.82, 2.24) is 16.0 Å². The van der Waals surface area contributed by atoms with Crippen LogP contribution in [-0.2, 0) is 57.0 Å². The summed E-state index contributed by atoms with van der Waals surface area (Å²) in [5.74, 6) is -2.20. The molecule has 5 aliphatic heterocycles. The molecule has 28 nitrogen and oxygen atoms in total. The third-order valence-electron chi connectivity index (χ3n) is 11.5. The van der Waals surface area contributed by atoms with Crippen LogP contribution in [0.3, 0.4) is 0 Å². The van der Waals surface area contributed by atoms with Gasteiger partial charge in [-0.3, -0.25) is 14.4 Å². The van der Waals surface area contributed by atoms with Gasteiger partial charge in [-0.05, 0) is 6.92 Å². The van der Waals surface area contributed by atoms with Crippen molar-refractivity contribution < 1.29 is 123 Å². The normalized spacial score (nSPS) is 47.7. The van der Waals surface area contributed by atoms with Gasteiger partial charge < -0.3 is 125 Å². The monoisotopic (exact) mass is 935 g/mol. The van der Waals surface area contributed by atoms with Crippen molar-refractivity contribution in [3.05, 3.63) is 0 Å². The van der Waals surface area contributed by atoms with Gasteiger partial charge >= 0.3 is 0 Å². The van der Waals surface area contributed by atoms with Crippen LogP contribution in [0.15, 0.2) is 0 Å². The first kappa shape index (κ1) is 52.5. The van der Waals surface area contributed by atoms with Crippen LogP contribution in [-0.4, -0.2) is 264 Å². The quantitative estimate of drug-likeness (QED) is 0.0725. The van der Waals surface area contributed by atoms with Gasteiger partial charge in [0.25, 0.3) is 0 Å². The lowest BCUT2D eigenvalue weighted by atomic mass is 9.94. The second-order valence-electron chi connectivity index (χ2n) is 16.2. The molecule has 3 amide bonds. The third-order valence-corrected chi connectivity index (χ3v) is 11.5. The van der Waals surface area contributed by atoms with E-state index in [0.717, 1.165) is 20.8 Å². The number of nitrogens with one attached hydrogen (secondary N) is 3. The Morgan fingerprint density at radius 3 is 1.48 bits per heavy atom. The summed E-state index contributed by atoms with van der Waals surface area (Å²) in [6.07, 6.45) is -38.1. The average Bonchev–Trinajstić information content (AvgIpc) is 3.24. The van der Waals surface area contributed by atoms with E-state index in [-0.39, 0.29) is 0 Å². The van der Waals surface area contributed by atoms with E-state index in [1.807, 2.05) is 0 Å². The molecule has 0 aromatic rings. The molecule has 0 aliphatic carbocycles. The lowest BCUT2D eigenvalue weighted by Gasteiger charge is -2.49. The fourth-order valence-electron chi connectivity index (χ4n) is 8.06. The van der Waals surface area contributed by atoms with E-state index in [2.05, 4.69) is 16.0 Å². The Hall–Kier alpha value is -2.47. The lowest BCUT2D eigenvalue weighted by Crippen LogP contribution is -2.70. The Labute approximate surface area is 364 Å². The molecule has 5 aliphatic rings. The molecule has 5 fully saturated rings. The zero-order valence-corrected chi connectivity index (χ0v) is 35.0. The number of aliphatic hydroxyl groups excluding tert-OH is 13. The highest BCUT2D eigenvalue weighted by Crippen LogP contribution is 2.35. The summed E-state index contributed by atoms with van der Waals surface area (Å²) in [6.45, 7) is 1.13. The molecule has 0 aromatic carbocycles. The van der Waals surface area contributed by atoms with Gasteiger partial charge in [0.15, 0.2) is 31.5 Å². The minimum absolute atomic E-state index is 0.707. The lowest BCUT2D eigenvalue weighted by molar-refractivity contribution is -0.383. The van der Waals surface area contributed by atoms with E-state index < -0.39 is 197 Å². The average molecular weight is 936 g/mol. The smallest absolute Gasteiger partial charge is 0.217 e. The topological polar surface area (TPSA) is 433 Å². The summed E-state index contributed by atoms with van der Waals surface area (Å²) in [4.78, 5) is 36.7. The van der Waals surface area contributed by atoms with Crippen molar-refractivity contribution in [2.24, 2.45) is 0 Å². The molecule has 5 heterocycles. The summed E-state index contributed by atoms with van der Waals surface area (Å²) in [5.41, 5.74) is 0. The number of hydrogen-bond acceptors (Lipinski definition) is 25. The molecule has 0 bridgehead atoms. The second kappa shape index (κ2) is 22.6. The van der Waals surface area contributed by atoms with E-state index >= 15 is 0 Å². The molecule has 25 atom stereocenters. The van der Waals surface area contributed by atoms with Gasteiger partial charge in [-0.1, -0.05) is 0 Å². The fourth-order valence-corrected chi connectivity index (χ4v) is 8.06. The van der Waals surface area contributed by atoms with E-state index in [0.29, 0.717) is 0 Å². The molecular formula is C36H61N3O25. The Kier molecular flexibility index (Phi) is 18.5. The molecule has 5 saturated heterocycles. The van der Waals surface area contributed by atoms with Crippen LogP contribution in [0, 0.1) is 0 Å². The molecule has 0 spiro atoms. The predicted molar refractivity (Wildman–Crippen MR) is 200 cm³/mol. The highest BCUT2D eigenvalue weighted by atomic mass is 16.8. The molecule has 16 N–H and O–H groups in total. The van der Waals surface area contributed by atoms with Crippen LogP contribution in [0.25, 0.3) is 0 Å². The number of aliphatic hydroxyl groups is 13. The maximum atomic E-state index is 12.5. The van der Waals surface area contributed by atoms with Gasteiger partial charge in [-0.15, -0.1) is 0 Å². The molecule has 0 unspecified atom stereocenters. The summed E-state index contributed by atoms with van der Waals surface area (Å²) < 4.78 is 51.7. The van der Waals surface area contributed by atoms with Crippen molar-refractivity contribution >= 4 is 17.7 Å². The molecule has 0 radical (unpaired) electrons. The molecule has 0 saturated carbocycles. The number of rotatable bonds is 15. The maximum absolute atomic E-state index is 12.5. The van der Waals surface area contributed by atoms with Crippen LogP contribution < -0.4 is 16.0 Å². The summed E-state index contributed by atoms with van der Waals surface area (Å²) in [7, 11) is 0. The third kappa shape index (κ3) is 11.6. The zero-order chi connectivity index (χ0) is 47.5. The fraction of sp³-hybridized carbons (Fsp3) is 0.917. The standard InChI is InChI=1S/C36H61N3O25/c1-9-20(46)26(52)28(54)35(57-9)64-31-27(53)22(48)14(6-41)60-36(31)62-29-15(7-42)61-33(18(25(29)51)38-11(3)44)56-8-16-23(49)30(19(32(55)58-16)39-12(4)45)63-34-17(37-10(2)43)24(50)21(47)13(5-40)59-34/h9,13-36,40-42,46-55H,5-8H2,1-4H3,(H,37,43)(H,38,44)(H,39,45)/t9-,13+,14+,15+,16+,17+,18+,19+,20+,21+,22-,23-,24+,25+,26+,27-,28-,29+,30+,31+,32-,33+,34-,35-,36-/m0/s1. The van der Waals surface area contributed by atoms with Crippen LogP contribution in [0.4, 0.5) is 0 Å². The van der Waals surface area contributed by atoms with Gasteiger partial charge in [-0.25, -0.2) is 0 Å². The minimum atomic E-state index is -1.97. The number of amides is 3. The molecule has 5 rings (SSSR count). The van der Waals surface area contributed by atoms with Crippen molar-refractivity contribution in [1.29, 1.82) is 0 Å². The number of carbonyl (C=O) groups excluding carboxylic acids is 3. The van der Waals surface area contributed by atoms with Gasteiger partial charge in [-0.2, -0.15) is 0 Å². The maximum Gasteiger partial charge on any atom is 0.217 e. The Morgan fingerprint density at radius 1 is 0.438 bits per heavy atom. The van der Waals surface area contributed by atoms with E-state index in [9.17, 15) is 80.8 Å². The van der Waals surface area contributed by atoms with Gasteiger partial charge in [0, 0.05) is 20.8 Å². The summed E-state index contributed by atoms with van der Waals surface area (Å²) in [5, 5.41) is 146. The number of hydrogen-bond donors (Lipinski definition) is 16. The van der Waals surface area contributed by atoms with Crippen LogP contribution in [0.1, 0.15) is 27.7 Å². The van der Waals surface area contributed by atoms with Crippen molar-refractivity contribution in [2.75, 3.05) is 26.4 Å². The van der Waals surface area contributed by atoms with Crippen LogP contribution in [0.2, 0.25) is 0 Å². The minimum Gasteiger partial charge on any atom is -0.394 e.